The van der Waals surface area contributed by atoms with Gasteiger partial charge in [-0.15, -0.1) is 0 Å². The summed E-state index contributed by atoms with van der Waals surface area (Å²) in [5, 5.41) is 7.35. The number of benzene rings is 3. The number of nitrogen functional groups attached to an aromatic ring is 1. The van der Waals surface area contributed by atoms with E-state index < -0.39 is 0 Å². The number of unbranched alkanes of at least 4 members (excludes halogenated alkanes) is 6. The summed E-state index contributed by atoms with van der Waals surface area (Å²) in [5.41, 5.74) is 12.6. The Kier molecular flexibility index (Phi) is 12.4. The van der Waals surface area contributed by atoms with Gasteiger partial charge in [0.15, 0.2) is 0 Å². The first-order valence-electron chi connectivity index (χ1n) is 14.9. The van der Waals surface area contributed by atoms with Gasteiger partial charge in [-0.05, 0) is 93.4 Å². The van der Waals surface area contributed by atoms with E-state index in [9.17, 15) is 0 Å². The zero-order chi connectivity index (χ0) is 27.2. The molecule has 4 N–H and O–H groups in total. The molecule has 2 atom stereocenters. The minimum atomic E-state index is 0.469. The third kappa shape index (κ3) is 9.63. The van der Waals surface area contributed by atoms with Gasteiger partial charge in [0, 0.05) is 46.2 Å². The maximum absolute atomic E-state index is 6.18. The number of rotatable bonds is 17. The highest BCUT2D eigenvalue weighted by atomic mass is 15.1. The first-order valence-corrected chi connectivity index (χ1v) is 14.9. The standard InChI is InChI=1S/C34H50N4/c1-5-7-9-11-14-27(3)36-30-18-22-32(23-19-30)38(34-17-13-16-29(35)26-34)33-24-20-31(21-25-33)37-28(4)15-12-10-8-6-2/h13,16-28,36-37H,5-12,14-15,35H2,1-4H3. The zero-order valence-corrected chi connectivity index (χ0v) is 24.2. The smallest absolute Gasteiger partial charge is 0.0482 e. The van der Waals surface area contributed by atoms with Crippen molar-refractivity contribution >= 4 is 34.1 Å². The van der Waals surface area contributed by atoms with Gasteiger partial charge in [0.2, 0.25) is 0 Å². The predicted molar refractivity (Wildman–Crippen MR) is 169 cm³/mol. The molecule has 206 valence electrons. The number of nitrogens with zero attached hydrogens (tertiary/aromatic N) is 1. The summed E-state index contributed by atoms with van der Waals surface area (Å²) in [6.45, 7) is 9.08. The first-order chi connectivity index (χ1) is 18.5. The van der Waals surface area contributed by atoms with E-state index in [1.807, 2.05) is 18.2 Å². The largest absolute Gasteiger partial charge is 0.399 e. The van der Waals surface area contributed by atoms with E-state index in [-0.39, 0.29) is 0 Å². The number of hydrogen-bond donors (Lipinski definition) is 3. The molecule has 0 aliphatic heterocycles. The van der Waals surface area contributed by atoms with E-state index in [0.717, 1.165) is 34.1 Å². The van der Waals surface area contributed by atoms with Crippen LogP contribution in [0.25, 0.3) is 0 Å². The fourth-order valence-electron chi connectivity index (χ4n) is 4.99. The molecule has 4 heteroatoms. The lowest BCUT2D eigenvalue weighted by Crippen LogP contribution is -2.16. The fourth-order valence-corrected chi connectivity index (χ4v) is 4.99. The lowest BCUT2D eigenvalue weighted by atomic mass is 10.1. The maximum Gasteiger partial charge on any atom is 0.0482 e. The molecule has 3 aromatic carbocycles. The minimum absolute atomic E-state index is 0.469. The average Bonchev–Trinajstić information content (AvgIpc) is 2.91. The van der Waals surface area contributed by atoms with Crippen molar-refractivity contribution in [2.45, 2.75) is 104 Å². The van der Waals surface area contributed by atoms with E-state index >= 15 is 0 Å². The van der Waals surface area contributed by atoms with Gasteiger partial charge < -0.3 is 21.3 Å². The van der Waals surface area contributed by atoms with Crippen LogP contribution in [0.4, 0.5) is 34.1 Å². The highest BCUT2D eigenvalue weighted by molar-refractivity contribution is 5.79. The van der Waals surface area contributed by atoms with Crippen LogP contribution >= 0.6 is 0 Å². The highest BCUT2D eigenvalue weighted by Gasteiger charge is 2.14. The number of anilines is 6. The van der Waals surface area contributed by atoms with Crippen molar-refractivity contribution in [3.63, 3.8) is 0 Å². The molecule has 0 aliphatic carbocycles. The van der Waals surface area contributed by atoms with Crippen LogP contribution in [0.2, 0.25) is 0 Å². The molecular formula is C34H50N4. The Labute approximate surface area is 232 Å². The summed E-state index contributed by atoms with van der Waals surface area (Å²) < 4.78 is 0. The summed E-state index contributed by atoms with van der Waals surface area (Å²) >= 11 is 0. The van der Waals surface area contributed by atoms with Crippen molar-refractivity contribution in [1.29, 1.82) is 0 Å². The van der Waals surface area contributed by atoms with E-state index in [0.29, 0.717) is 12.1 Å². The Hall–Kier alpha value is -3.14. The second kappa shape index (κ2) is 16.0. The fraction of sp³-hybridized carbons (Fsp3) is 0.471. The molecule has 0 spiro atoms. The SMILES string of the molecule is CCCCCCC(C)Nc1ccc(N(c2ccc(NC(C)CCCCCC)cc2)c2cccc(N)c2)cc1. The number of nitrogens with one attached hydrogen (secondary N) is 2. The monoisotopic (exact) mass is 514 g/mol. The second-order valence-electron chi connectivity index (χ2n) is 10.8. The van der Waals surface area contributed by atoms with E-state index in [1.165, 1.54) is 64.2 Å². The predicted octanol–water partition coefficient (Wildman–Crippen LogP) is 10.3. The average molecular weight is 515 g/mol. The van der Waals surface area contributed by atoms with Crippen molar-refractivity contribution in [2.24, 2.45) is 0 Å². The Balaban J connectivity index is 1.71. The quantitative estimate of drug-likeness (QED) is 0.124. The van der Waals surface area contributed by atoms with E-state index in [2.05, 4.69) is 97.8 Å². The van der Waals surface area contributed by atoms with Gasteiger partial charge in [-0.1, -0.05) is 71.3 Å². The van der Waals surface area contributed by atoms with Crippen LogP contribution in [-0.2, 0) is 0 Å². The molecule has 4 nitrogen and oxygen atoms in total. The Bertz CT molecular complexity index is 981. The van der Waals surface area contributed by atoms with Crippen molar-refractivity contribution < 1.29 is 0 Å². The molecule has 0 radical (unpaired) electrons. The van der Waals surface area contributed by atoms with E-state index in [1.54, 1.807) is 0 Å². The van der Waals surface area contributed by atoms with Gasteiger partial charge in [-0.2, -0.15) is 0 Å². The molecule has 0 fully saturated rings. The molecule has 0 bridgehead atoms. The number of nitrogens with two attached hydrogens (primary N) is 1. The van der Waals surface area contributed by atoms with Gasteiger partial charge >= 0.3 is 0 Å². The van der Waals surface area contributed by atoms with Gasteiger partial charge in [0.1, 0.15) is 0 Å². The minimum Gasteiger partial charge on any atom is -0.399 e. The molecule has 2 unspecified atom stereocenters. The molecule has 0 amide bonds. The summed E-state index contributed by atoms with van der Waals surface area (Å²) in [6, 6.07) is 26.6. The van der Waals surface area contributed by atoms with Crippen molar-refractivity contribution in [3.05, 3.63) is 72.8 Å². The van der Waals surface area contributed by atoms with Crippen LogP contribution in [0.1, 0.15) is 91.9 Å². The van der Waals surface area contributed by atoms with Crippen molar-refractivity contribution in [3.8, 4) is 0 Å². The summed E-state index contributed by atoms with van der Waals surface area (Å²) in [5.74, 6) is 0. The number of hydrogen-bond acceptors (Lipinski definition) is 4. The molecular weight excluding hydrogens is 464 g/mol. The van der Waals surface area contributed by atoms with Gasteiger partial charge in [0.05, 0.1) is 0 Å². The second-order valence-corrected chi connectivity index (χ2v) is 10.8. The van der Waals surface area contributed by atoms with Crippen LogP contribution in [0.5, 0.6) is 0 Å². The third-order valence-corrected chi connectivity index (χ3v) is 7.19. The molecule has 3 rings (SSSR count). The molecule has 3 aromatic rings. The zero-order valence-electron chi connectivity index (χ0n) is 24.2. The van der Waals surface area contributed by atoms with Crippen LogP contribution in [-0.4, -0.2) is 12.1 Å². The lowest BCUT2D eigenvalue weighted by molar-refractivity contribution is 0.594. The highest BCUT2D eigenvalue weighted by Crippen LogP contribution is 2.36. The Morgan fingerprint density at radius 1 is 0.605 bits per heavy atom. The van der Waals surface area contributed by atoms with Gasteiger partial charge in [0.25, 0.3) is 0 Å². The Morgan fingerprint density at radius 2 is 1.08 bits per heavy atom. The molecule has 0 saturated carbocycles. The van der Waals surface area contributed by atoms with Crippen LogP contribution in [0.3, 0.4) is 0 Å². The van der Waals surface area contributed by atoms with Crippen LogP contribution in [0.15, 0.2) is 72.8 Å². The topological polar surface area (TPSA) is 53.3 Å². The molecule has 0 heterocycles. The summed E-state index contributed by atoms with van der Waals surface area (Å²) in [4.78, 5) is 2.27. The third-order valence-electron chi connectivity index (χ3n) is 7.19. The summed E-state index contributed by atoms with van der Waals surface area (Å²) in [6.07, 6.45) is 12.8. The molecule has 0 saturated heterocycles. The Morgan fingerprint density at radius 3 is 1.50 bits per heavy atom. The van der Waals surface area contributed by atoms with Gasteiger partial charge in [-0.25, -0.2) is 0 Å². The normalized spacial score (nSPS) is 12.6. The maximum atomic E-state index is 6.18. The molecule has 38 heavy (non-hydrogen) atoms. The van der Waals surface area contributed by atoms with Gasteiger partial charge in [-0.3, -0.25) is 0 Å². The van der Waals surface area contributed by atoms with Crippen molar-refractivity contribution in [1.82, 2.24) is 0 Å². The van der Waals surface area contributed by atoms with Crippen molar-refractivity contribution in [2.75, 3.05) is 21.3 Å². The molecule has 0 aromatic heterocycles. The van der Waals surface area contributed by atoms with Crippen LogP contribution in [0, 0.1) is 0 Å². The van der Waals surface area contributed by atoms with E-state index in [4.69, 9.17) is 5.73 Å². The lowest BCUT2D eigenvalue weighted by Gasteiger charge is -2.26. The summed E-state index contributed by atoms with van der Waals surface area (Å²) in [7, 11) is 0. The molecule has 0 aliphatic rings. The van der Waals surface area contributed by atoms with Crippen LogP contribution < -0.4 is 21.3 Å². The first kappa shape index (κ1) is 29.4.